The summed E-state index contributed by atoms with van der Waals surface area (Å²) in [6.45, 7) is 13.0. The zero-order chi connectivity index (χ0) is 33.1. The zero-order valence-electron chi connectivity index (χ0n) is 29.5. The van der Waals surface area contributed by atoms with Gasteiger partial charge in [0.1, 0.15) is 0 Å². The van der Waals surface area contributed by atoms with Crippen molar-refractivity contribution in [2.45, 2.75) is 106 Å². The quantitative estimate of drug-likeness (QED) is 0.0604. The van der Waals surface area contributed by atoms with Crippen LogP contribution in [0.4, 0.5) is 0 Å². The molecule has 47 heavy (non-hydrogen) atoms. The summed E-state index contributed by atoms with van der Waals surface area (Å²) in [6, 6.07) is 39.1. The summed E-state index contributed by atoms with van der Waals surface area (Å²) in [5.41, 5.74) is 23.8. The normalized spacial score (nSPS) is 12.2. The molecule has 250 valence electrons. The van der Waals surface area contributed by atoms with Crippen LogP contribution < -0.4 is 0 Å². The van der Waals surface area contributed by atoms with Crippen molar-refractivity contribution in [3.8, 4) is 0 Å². The van der Waals surface area contributed by atoms with Crippen molar-refractivity contribution in [2.75, 3.05) is 0 Å². The van der Waals surface area contributed by atoms with Crippen LogP contribution in [0.1, 0.15) is 112 Å². The molecule has 1 heterocycles. The third-order valence-electron chi connectivity index (χ3n) is 8.41. The van der Waals surface area contributed by atoms with E-state index in [1.807, 2.05) is 48.5 Å². The van der Waals surface area contributed by atoms with Gasteiger partial charge in [-0.05, 0) is 73.9 Å². The first-order valence-corrected chi connectivity index (χ1v) is 17.4. The molecule has 0 aliphatic carbocycles. The monoisotopic (exact) mass is 716 g/mol. The molecule has 1 aliphatic rings. The Bertz CT molecular complexity index is 1430. The molecule has 2 nitrogen and oxygen atoms in total. The first-order chi connectivity index (χ1) is 22.4. The maximum atomic E-state index is 11.7. The van der Waals surface area contributed by atoms with Gasteiger partial charge in [0.2, 0.25) is 11.4 Å². The van der Waals surface area contributed by atoms with Gasteiger partial charge in [0.15, 0.2) is 0 Å². The van der Waals surface area contributed by atoms with Crippen molar-refractivity contribution in [1.29, 1.82) is 0 Å². The Morgan fingerprint density at radius 1 is 0.553 bits per heavy atom. The van der Waals surface area contributed by atoms with Crippen LogP contribution in [-0.2, 0) is 33.3 Å². The van der Waals surface area contributed by atoms with E-state index in [4.69, 9.17) is 0 Å². The summed E-state index contributed by atoms with van der Waals surface area (Å²) in [7, 11) is 0. The van der Waals surface area contributed by atoms with Gasteiger partial charge in [0.05, 0.1) is 0 Å². The van der Waals surface area contributed by atoms with Gasteiger partial charge in [-0.3, -0.25) is 0 Å². The summed E-state index contributed by atoms with van der Waals surface area (Å²) in [4.78, 5) is 0. The third kappa shape index (κ3) is 12.6. The van der Waals surface area contributed by atoms with Gasteiger partial charge in [-0.2, -0.15) is 71.8 Å². The molecule has 5 rings (SSSR count). The second-order valence-electron chi connectivity index (χ2n) is 12.1. The minimum atomic E-state index is 0. The smallest absolute Gasteiger partial charge is 0.493 e. The van der Waals surface area contributed by atoms with Crippen molar-refractivity contribution in [2.24, 2.45) is 0 Å². The van der Waals surface area contributed by atoms with E-state index < -0.39 is 0 Å². The standard InChI is InChI=1S/C30H40N2.2C7H7.Pd/c1-5-9-11-19-27-28(20-12-10-6-2)30(26-18-14-16-24(8-4)22-26)32(31)29(27)25-17-13-15-23(7-3)21-25;2*1-7-5-3-2-4-6-7;/h13-18,21-22H,5-12,19-20H2,1-4H3;2*3-6H,1H3;/q;2*-1;+2. The number of rotatable bonds is 12. The topological polar surface area (TPSA) is 25.3 Å². The van der Waals surface area contributed by atoms with E-state index in [9.17, 15) is 5.53 Å². The minimum absolute atomic E-state index is 0. The van der Waals surface area contributed by atoms with Gasteiger partial charge in [0.25, 0.3) is 0 Å². The zero-order valence-corrected chi connectivity index (χ0v) is 31.1. The molecule has 0 radical (unpaired) electrons. The molecule has 0 amide bonds. The Morgan fingerprint density at radius 2 is 0.936 bits per heavy atom. The van der Waals surface area contributed by atoms with Crippen LogP contribution in [0, 0.1) is 26.0 Å². The number of benzene rings is 4. The van der Waals surface area contributed by atoms with Crippen molar-refractivity contribution in [3.63, 3.8) is 0 Å². The Kier molecular flexibility index (Phi) is 18.8. The fourth-order valence-corrected chi connectivity index (χ4v) is 5.71. The number of hydrogen-bond donors (Lipinski definition) is 0. The first kappa shape index (κ1) is 39.8. The molecule has 0 aromatic heterocycles. The van der Waals surface area contributed by atoms with Crippen LogP contribution in [-0.4, -0.2) is 4.70 Å². The van der Waals surface area contributed by atoms with Crippen LogP contribution in [0.25, 0.3) is 16.9 Å². The average Bonchev–Trinajstić information content (AvgIpc) is 3.36. The Balaban J connectivity index is 0.000000419. The minimum Gasteiger partial charge on any atom is -0.493 e. The van der Waals surface area contributed by atoms with E-state index in [0.717, 1.165) is 61.0 Å². The van der Waals surface area contributed by atoms with Crippen molar-refractivity contribution in [1.82, 2.24) is 0 Å². The summed E-state index contributed by atoms with van der Waals surface area (Å²) in [5, 5.41) is 0. The van der Waals surface area contributed by atoms with E-state index in [2.05, 4.69) is 102 Å². The van der Waals surface area contributed by atoms with E-state index in [1.165, 1.54) is 63.8 Å². The van der Waals surface area contributed by atoms with Gasteiger partial charge in [-0.25, -0.2) is 4.70 Å². The van der Waals surface area contributed by atoms with E-state index in [-0.39, 0.29) is 20.4 Å². The van der Waals surface area contributed by atoms with Crippen LogP contribution in [0.5, 0.6) is 0 Å². The van der Waals surface area contributed by atoms with Crippen LogP contribution >= 0.6 is 0 Å². The molecule has 0 N–H and O–H groups in total. The van der Waals surface area contributed by atoms with Crippen LogP contribution in [0.3, 0.4) is 0 Å². The van der Waals surface area contributed by atoms with Gasteiger partial charge in [0, 0.05) is 22.3 Å². The fourth-order valence-electron chi connectivity index (χ4n) is 5.71. The summed E-state index contributed by atoms with van der Waals surface area (Å²) < 4.78 is 1.52. The molecule has 1 aliphatic heterocycles. The number of allylic oxidation sites excluding steroid dienone is 2. The largest absolute Gasteiger partial charge is 2.00 e. The van der Waals surface area contributed by atoms with Gasteiger partial charge in [-0.15, -0.1) is 0 Å². The van der Waals surface area contributed by atoms with Crippen molar-refractivity contribution in [3.05, 3.63) is 159 Å². The van der Waals surface area contributed by atoms with Crippen molar-refractivity contribution >= 4 is 11.4 Å². The molecular formula is C44H54N2Pd. The molecule has 0 bridgehead atoms. The Morgan fingerprint density at radius 3 is 1.23 bits per heavy atom. The van der Waals surface area contributed by atoms with Crippen LogP contribution in [0.15, 0.2) is 108 Å². The number of hydrogen-bond acceptors (Lipinski definition) is 0. The summed E-state index contributed by atoms with van der Waals surface area (Å²) in [6.07, 6.45) is 11.2. The van der Waals surface area contributed by atoms with Gasteiger partial charge >= 0.3 is 20.4 Å². The predicted octanol–water partition coefficient (Wildman–Crippen LogP) is 12.7. The molecule has 0 saturated carbocycles. The molecule has 0 spiro atoms. The Labute approximate surface area is 300 Å². The Hall–Kier alpha value is -3.38. The van der Waals surface area contributed by atoms with Gasteiger partial charge in [-0.1, -0.05) is 91.5 Å². The molecule has 3 heteroatoms. The number of unbranched alkanes of at least 4 members (excludes halogenated alkanes) is 4. The maximum Gasteiger partial charge on any atom is 2.00 e. The molecule has 0 atom stereocenters. The van der Waals surface area contributed by atoms with E-state index in [1.54, 1.807) is 0 Å². The van der Waals surface area contributed by atoms with Gasteiger partial charge < -0.3 is 5.53 Å². The van der Waals surface area contributed by atoms with E-state index >= 15 is 0 Å². The third-order valence-corrected chi connectivity index (χ3v) is 8.41. The molecule has 0 fully saturated rings. The molecule has 0 saturated heterocycles. The molecule has 4 aromatic carbocycles. The SMILES string of the molecule is CCCCCC1=C(c2cccc(CC)c2)[N+](=[N-])C(c2cccc(CC)c2)=C1CCCCC.Cc1cc[c-]cc1.Cc1cc[c-]cc1.[Pd+2]. The predicted molar refractivity (Wildman–Crippen MR) is 197 cm³/mol. The van der Waals surface area contributed by atoms with E-state index in [0.29, 0.717) is 0 Å². The molecular weight excluding hydrogens is 663 g/mol. The summed E-state index contributed by atoms with van der Waals surface area (Å²) in [5.74, 6) is 0. The number of nitrogens with zero attached hydrogens (tertiary/aromatic N) is 2. The second kappa shape index (κ2) is 22.2. The molecule has 0 unspecified atom stereocenters. The average molecular weight is 717 g/mol. The van der Waals surface area contributed by atoms with Crippen molar-refractivity contribution < 1.29 is 25.1 Å². The first-order valence-electron chi connectivity index (χ1n) is 17.4. The second-order valence-corrected chi connectivity index (χ2v) is 12.1. The maximum absolute atomic E-state index is 11.7. The number of aryl methyl sites for hydroxylation is 4. The van der Waals surface area contributed by atoms with Crippen LogP contribution in [0.2, 0.25) is 0 Å². The fraction of sp³-hybridized carbons (Fsp3) is 0.364. The summed E-state index contributed by atoms with van der Waals surface area (Å²) >= 11 is 0. The molecule has 4 aromatic rings.